The average molecular weight is 252 g/mol. The lowest BCUT2D eigenvalue weighted by molar-refractivity contribution is -0.133. The van der Waals surface area contributed by atoms with E-state index in [1.54, 1.807) is 0 Å². The van der Waals surface area contributed by atoms with Crippen LogP contribution in [0.5, 0.6) is 0 Å². The van der Waals surface area contributed by atoms with Crippen LogP contribution in [0, 0.1) is 6.92 Å². The van der Waals surface area contributed by atoms with Crippen molar-refractivity contribution in [2.24, 2.45) is 0 Å². The summed E-state index contributed by atoms with van der Waals surface area (Å²) in [6, 6.07) is 7.55. The fraction of sp³-hybridized carbons (Fsp3) is 0.462. The van der Waals surface area contributed by atoms with Gasteiger partial charge >= 0.3 is 0 Å². The molecule has 0 amide bonds. The Kier molecular flexibility index (Phi) is 4.07. The van der Waals surface area contributed by atoms with Gasteiger partial charge in [-0.3, -0.25) is 9.00 Å². The molecule has 1 fully saturated rings. The Morgan fingerprint density at radius 3 is 2.71 bits per heavy atom. The molecular formula is C13H16O3S. The summed E-state index contributed by atoms with van der Waals surface area (Å²) in [6.07, 6.45) is 0.855. The predicted molar refractivity (Wildman–Crippen MR) is 66.4 cm³/mol. The third-order valence-corrected chi connectivity index (χ3v) is 4.24. The van der Waals surface area contributed by atoms with Crippen LogP contribution in [0.1, 0.15) is 18.4 Å². The minimum atomic E-state index is -1.16. The second-order valence-corrected chi connectivity index (χ2v) is 5.75. The number of ketones is 1. The molecule has 0 radical (unpaired) electrons. The van der Waals surface area contributed by atoms with Crippen LogP contribution in [0.3, 0.4) is 0 Å². The van der Waals surface area contributed by atoms with Crippen LogP contribution in [0.4, 0.5) is 0 Å². The van der Waals surface area contributed by atoms with Gasteiger partial charge in [0.05, 0.1) is 16.6 Å². The van der Waals surface area contributed by atoms with Crippen molar-refractivity contribution in [1.82, 2.24) is 0 Å². The van der Waals surface area contributed by atoms with Crippen LogP contribution in [0.25, 0.3) is 0 Å². The molecule has 0 unspecified atom stereocenters. The van der Waals surface area contributed by atoms with Gasteiger partial charge < -0.3 is 4.74 Å². The van der Waals surface area contributed by atoms with Gasteiger partial charge in [-0.2, -0.15) is 0 Å². The Hall–Kier alpha value is -1.00. The zero-order valence-electron chi connectivity index (χ0n) is 9.85. The molecule has 0 N–H and O–H groups in total. The van der Waals surface area contributed by atoms with Crippen LogP contribution in [-0.4, -0.2) is 28.5 Å². The first-order chi connectivity index (χ1) is 8.16. The summed E-state index contributed by atoms with van der Waals surface area (Å²) in [7, 11) is -1.16. The first-order valence-electron chi connectivity index (χ1n) is 5.76. The molecule has 2 rings (SSSR count). The summed E-state index contributed by atoms with van der Waals surface area (Å²) in [5, 5.41) is 0. The van der Waals surface area contributed by atoms with E-state index in [1.165, 1.54) is 0 Å². The fourth-order valence-electron chi connectivity index (χ4n) is 1.79. The number of benzene rings is 1. The summed E-state index contributed by atoms with van der Waals surface area (Å²) in [5.74, 6) is 0.360. The van der Waals surface area contributed by atoms with Crippen molar-refractivity contribution in [3.8, 4) is 0 Å². The number of rotatable bonds is 3. The molecule has 0 bridgehead atoms. The Labute approximate surface area is 104 Å². The molecule has 0 saturated carbocycles. The predicted octanol–water partition coefficient (Wildman–Crippen LogP) is 1.85. The number of carbonyl (C=O) groups excluding carboxylic acids is 1. The van der Waals surface area contributed by atoms with E-state index in [9.17, 15) is 9.00 Å². The molecule has 0 aromatic heterocycles. The van der Waals surface area contributed by atoms with Gasteiger partial charge in [0.25, 0.3) is 0 Å². The smallest absolute Gasteiger partial charge is 0.162 e. The Morgan fingerprint density at radius 2 is 2.06 bits per heavy atom. The zero-order valence-corrected chi connectivity index (χ0v) is 10.7. The molecule has 1 aromatic carbocycles. The molecule has 0 aliphatic carbocycles. The van der Waals surface area contributed by atoms with Crippen LogP contribution >= 0.6 is 0 Å². The van der Waals surface area contributed by atoms with Crippen molar-refractivity contribution in [2.75, 3.05) is 12.4 Å². The lowest BCUT2D eigenvalue weighted by Crippen LogP contribution is -2.34. The van der Waals surface area contributed by atoms with Crippen molar-refractivity contribution in [3.63, 3.8) is 0 Å². The maximum atomic E-state index is 12.0. The van der Waals surface area contributed by atoms with Crippen LogP contribution in [0.2, 0.25) is 0 Å². The summed E-state index contributed by atoms with van der Waals surface area (Å²) in [4.78, 5) is 12.3. The number of hydrogen-bond acceptors (Lipinski definition) is 3. The molecule has 1 aliphatic rings. The number of aryl methyl sites for hydroxylation is 1. The van der Waals surface area contributed by atoms with Gasteiger partial charge in [0.15, 0.2) is 5.78 Å². The second-order valence-electron chi connectivity index (χ2n) is 4.25. The van der Waals surface area contributed by atoms with Gasteiger partial charge in [0.2, 0.25) is 0 Å². The Bertz CT molecular complexity index is 425. The number of hydrogen-bond donors (Lipinski definition) is 0. The number of carbonyl (C=O) groups is 1. The molecule has 4 heteroatoms. The molecule has 1 heterocycles. The monoisotopic (exact) mass is 252 g/mol. The highest BCUT2D eigenvalue weighted by Gasteiger charge is 2.25. The first-order valence-corrected chi connectivity index (χ1v) is 7.08. The third kappa shape index (κ3) is 3.23. The highest BCUT2D eigenvalue weighted by atomic mass is 32.2. The fourth-order valence-corrected chi connectivity index (χ4v) is 2.98. The minimum Gasteiger partial charge on any atom is -0.369 e. The molecule has 1 aromatic rings. The van der Waals surface area contributed by atoms with Crippen molar-refractivity contribution >= 4 is 16.6 Å². The molecule has 2 atom stereocenters. The van der Waals surface area contributed by atoms with E-state index in [0.29, 0.717) is 13.0 Å². The SMILES string of the molecule is Cc1ccc([S@@](=O)C[C@@H]2OCCCC2=O)cc1. The van der Waals surface area contributed by atoms with Gasteiger partial charge in [-0.1, -0.05) is 17.7 Å². The maximum absolute atomic E-state index is 12.0. The van der Waals surface area contributed by atoms with E-state index >= 15 is 0 Å². The molecular weight excluding hydrogens is 236 g/mol. The topological polar surface area (TPSA) is 43.4 Å². The van der Waals surface area contributed by atoms with Gasteiger partial charge in [0.1, 0.15) is 6.10 Å². The lowest BCUT2D eigenvalue weighted by Gasteiger charge is -2.20. The van der Waals surface area contributed by atoms with E-state index in [0.717, 1.165) is 16.9 Å². The molecule has 1 saturated heterocycles. The molecule has 92 valence electrons. The largest absolute Gasteiger partial charge is 0.369 e. The Balaban J connectivity index is 2.01. The number of Topliss-reactive ketones (excluding diaryl/α,β-unsaturated/α-hetero) is 1. The van der Waals surface area contributed by atoms with E-state index in [4.69, 9.17) is 4.74 Å². The Morgan fingerprint density at radius 1 is 1.35 bits per heavy atom. The van der Waals surface area contributed by atoms with Crippen molar-refractivity contribution in [3.05, 3.63) is 29.8 Å². The molecule has 1 aliphatic heterocycles. The highest BCUT2D eigenvalue weighted by Crippen LogP contribution is 2.14. The summed E-state index contributed by atoms with van der Waals surface area (Å²) >= 11 is 0. The van der Waals surface area contributed by atoms with Gasteiger partial charge in [-0.05, 0) is 25.5 Å². The van der Waals surface area contributed by atoms with Crippen molar-refractivity contribution in [2.45, 2.75) is 30.8 Å². The van der Waals surface area contributed by atoms with Crippen LogP contribution in [0.15, 0.2) is 29.2 Å². The van der Waals surface area contributed by atoms with Crippen LogP contribution in [-0.2, 0) is 20.3 Å². The summed E-state index contributed by atoms with van der Waals surface area (Å²) in [6.45, 7) is 2.59. The number of ether oxygens (including phenoxy) is 1. The second kappa shape index (κ2) is 5.56. The standard InChI is InChI=1S/C13H16O3S/c1-10-4-6-11(7-5-10)17(15)9-13-12(14)3-2-8-16-13/h4-7,13H,2-3,8-9H2,1H3/t13-,17-/m0/s1. The van der Waals surface area contributed by atoms with E-state index < -0.39 is 16.9 Å². The molecule has 3 nitrogen and oxygen atoms in total. The van der Waals surface area contributed by atoms with Gasteiger partial charge in [-0.15, -0.1) is 0 Å². The zero-order chi connectivity index (χ0) is 12.3. The van der Waals surface area contributed by atoms with Crippen molar-refractivity contribution < 1.29 is 13.7 Å². The van der Waals surface area contributed by atoms with Gasteiger partial charge in [-0.25, -0.2) is 0 Å². The third-order valence-electron chi connectivity index (χ3n) is 2.83. The van der Waals surface area contributed by atoms with Gasteiger partial charge in [0, 0.05) is 17.9 Å². The van der Waals surface area contributed by atoms with E-state index in [1.807, 2.05) is 31.2 Å². The van der Waals surface area contributed by atoms with Crippen molar-refractivity contribution in [1.29, 1.82) is 0 Å². The summed E-state index contributed by atoms with van der Waals surface area (Å²) < 4.78 is 17.4. The minimum absolute atomic E-state index is 0.0803. The van der Waals surface area contributed by atoms with Crippen LogP contribution < -0.4 is 0 Å². The maximum Gasteiger partial charge on any atom is 0.162 e. The molecule has 17 heavy (non-hydrogen) atoms. The first kappa shape index (κ1) is 12.5. The quantitative estimate of drug-likeness (QED) is 0.824. The normalized spacial score (nSPS) is 22.4. The average Bonchev–Trinajstić information content (AvgIpc) is 2.33. The summed E-state index contributed by atoms with van der Waals surface area (Å²) in [5.41, 5.74) is 1.13. The molecule has 0 spiro atoms. The highest BCUT2D eigenvalue weighted by molar-refractivity contribution is 7.85. The van der Waals surface area contributed by atoms with E-state index in [-0.39, 0.29) is 11.5 Å². The van der Waals surface area contributed by atoms with E-state index in [2.05, 4.69) is 0 Å². The lowest BCUT2D eigenvalue weighted by atomic mass is 10.1.